The van der Waals surface area contributed by atoms with E-state index in [9.17, 15) is 13.9 Å². The Bertz CT molecular complexity index is 1100. The van der Waals surface area contributed by atoms with Crippen molar-refractivity contribution in [2.24, 2.45) is 7.05 Å². The van der Waals surface area contributed by atoms with Crippen LogP contribution in [0.1, 0.15) is 5.69 Å². The summed E-state index contributed by atoms with van der Waals surface area (Å²) < 4.78 is 32.9. The molecule has 0 bridgehead atoms. The second-order valence-electron chi connectivity index (χ2n) is 6.04. The maximum atomic E-state index is 12.4. The molecule has 0 fully saturated rings. The lowest BCUT2D eigenvalue weighted by molar-refractivity contribution is -0.0497. The summed E-state index contributed by atoms with van der Waals surface area (Å²) in [5.41, 5.74) is 3.04. The first kappa shape index (κ1) is 15.5. The Kier molecular flexibility index (Phi) is 3.42. The molecule has 0 saturated carbocycles. The smallest absolute Gasteiger partial charge is 0.387 e. The molecule has 2 heterocycles. The molecule has 0 aliphatic heterocycles. The minimum absolute atomic E-state index is 0.0123. The van der Waals surface area contributed by atoms with Crippen LogP contribution in [0.3, 0.4) is 0 Å². The number of rotatable bonds is 3. The lowest BCUT2D eigenvalue weighted by Crippen LogP contribution is -2.01. The van der Waals surface area contributed by atoms with Gasteiger partial charge in [-0.3, -0.25) is 4.57 Å². The molecule has 0 unspecified atom stereocenters. The number of nitrogens with zero attached hydrogens (tertiary/aromatic N) is 2. The number of fused-ring (bicyclic) bond motifs is 2. The third kappa shape index (κ3) is 2.50. The van der Waals surface area contributed by atoms with E-state index in [1.54, 1.807) is 16.8 Å². The highest BCUT2D eigenvalue weighted by atomic mass is 19.3. The highest BCUT2D eigenvalue weighted by Crippen LogP contribution is 2.34. The van der Waals surface area contributed by atoms with Gasteiger partial charge in [-0.1, -0.05) is 0 Å². The Morgan fingerprint density at radius 1 is 1.04 bits per heavy atom. The number of hydrogen-bond donors (Lipinski definition) is 1. The van der Waals surface area contributed by atoms with Crippen molar-refractivity contribution in [3.8, 4) is 17.3 Å². The molecule has 0 amide bonds. The Hall–Kier alpha value is -3.02. The summed E-state index contributed by atoms with van der Waals surface area (Å²) in [7, 11) is 2.00. The highest BCUT2D eigenvalue weighted by Gasteiger charge is 2.13. The van der Waals surface area contributed by atoms with Crippen molar-refractivity contribution in [2.75, 3.05) is 0 Å². The van der Waals surface area contributed by atoms with Crippen molar-refractivity contribution in [1.82, 2.24) is 9.13 Å². The van der Waals surface area contributed by atoms with E-state index in [0.717, 1.165) is 27.7 Å². The number of alkyl halides is 2. The summed E-state index contributed by atoms with van der Waals surface area (Å²) in [5, 5.41) is 12.8. The predicted octanol–water partition coefficient (Wildman–Crippen LogP) is 4.74. The standard InChI is InChI=1S/C19H16F2N2O2/c1-11-7-13-8-14(4-6-17(13)22(11)2)23-10-12-3-5-15(25-19(20)21)9-16(12)18(23)24/h3-10,19,24H,1-2H3. The van der Waals surface area contributed by atoms with Crippen molar-refractivity contribution in [3.63, 3.8) is 0 Å². The molecule has 128 valence electrons. The fourth-order valence-electron chi connectivity index (χ4n) is 3.17. The van der Waals surface area contributed by atoms with E-state index in [4.69, 9.17) is 0 Å². The molecule has 6 heteroatoms. The number of benzene rings is 2. The fraction of sp³-hybridized carbons (Fsp3) is 0.158. The van der Waals surface area contributed by atoms with E-state index in [-0.39, 0.29) is 11.6 Å². The van der Waals surface area contributed by atoms with E-state index >= 15 is 0 Å². The van der Waals surface area contributed by atoms with Crippen LogP contribution in [0.4, 0.5) is 8.78 Å². The zero-order valence-corrected chi connectivity index (χ0v) is 13.7. The molecule has 2 aromatic carbocycles. The van der Waals surface area contributed by atoms with E-state index in [1.165, 1.54) is 12.1 Å². The molecule has 0 aliphatic carbocycles. The van der Waals surface area contributed by atoms with Crippen molar-refractivity contribution in [3.05, 3.63) is 54.4 Å². The predicted molar refractivity (Wildman–Crippen MR) is 92.8 cm³/mol. The number of halogens is 2. The number of aryl methyl sites for hydroxylation is 2. The molecule has 4 rings (SSSR count). The van der Waals surface area contributed by atoms with E-state index in [0.29, 0.717) is 5.39 Å². The van der Waals surface area contributed by atoms with Gasteiger partial charge in [-0.05, 0) is 49.4 Å². The van der Waals surface area contributed by atoms with Crippen LogP contribution in [0.15, 0.2) is 48.7 Å². The first-order chi connectivity index (χ1) is 11.9. The van der Waals surface area contributed by atoms with Crippen LogP contribution in [0.2, 0.25) is 0 Å². The minimum Gasteiger partial charge on any atom is -0.494 e. The number of hydrogen-bond acceptors (Lipinski definition) is 2. The van der Waals surface area contributed by atoms with Crippen LogP contribution < -0.4 is 4.74 Å². The summed E-state index contributed by atoms with van der Waals surface area (Å²) in [6, 6.07) is 12.5. The molecular weight excluding hydrogens is 326 g/mol. The lowest BCUT2D eigenvalue weighted by atomic mass is 10.2. The molecule has 0 spiro atoms. The van der Waals surface area contributed by atoms with Gasteiger partial charge in [0.1, 0.15) is 5.75 Å². The van der Waals surface area contributed by atoms with E-state index < -0.39 is 6.61 Å². The van der Waals surface area contributed by atoms with Crippen molar-refractivity contribution >= 4 is 21.7 Å². The quantitative estimate of drug-likeness (QED) is 0.584. The number of aromatic nitrogens is 2. The molecule has 25 heavy (non-hydrogen) atoms. The van der Waals surface area contributed by atoms with E-state index in [1.807, 2.05) is 32.2 Å². The Labute approximate surface area is 142 Å². The van der Waals surface area contributed by atoms with Gasteiger partial charge < -0.3 is 14.4 Å². The zero-order valence-electron chi connectivity index (χ0n) is 13.7. The lowest BCUT2D eigenvalue weighted by Gasteiger charge is -2.06. The van der Waals surface area contributed by atoms with Crippen LogP contribution in [0, 0.1) is 6.92 Å². The summed E-state index contributed by atoms with van der Waals surface area (Å²) >= 11 is 0. The van der Waals surface area contributed by atoms with Gasteiger partial charge in [-0.15, -0.1) is 0 Å². The Morgan fingerprint density at radius 2 is 1.84 bits per heavy atom. The molecule has 4 aromatic rings. The Morgan fingerprint density at radius 3 is 2.60 bits per heavy atom. The third-order valence-corrected chi connectivity index (χ3v) is 4.53. The van der Waals surface area contributed by atoms with Gasteiger partial charge in [0.15, 0.2) is 0 Å². The molecule has 2 aromatic heterocycles. The van der Waals surface area contributed by atoms with Crippen LogP contribution in [0.5, 0.6) is 11.6 Å². The van der Waals surface area contributed by atoms with Gasteiger partial charge in [0.2, 0.25) is 5.88 Å². The summed E-state index contributed by atoms with van der Waals surface area (Å²) in [6.07, 6.45) is 1.77. The zero-order chi connectivity index (χ0) is 17.7. The van der Waals surface area contributed by atoms with Gasteiger partial charge in [-0.2, -0.15) is 8.78 Å². The van der Waals surface area contributed by atoms with Crippen molar-refractivity contribution < 1.29 is 18.6 Å². The summed E-state index contributed by atoms with van der Waals surface area (Å²) in [5.74, 6) is 0.00593. The van der Waals surface area contributed by atoms with Crippen LogP contribution >= 0.6 is 0 Å². The van der Waals surface area contributed by atoms with Gasteiger partial charge in [0, 0.05) is 46.3 Å². The fourth-order valence-corrected chi connectivity index (χ4v) is 3.17. The monoisotopic (exact) mass is 342 g/mol. The maximum Gasteiger partial charge on any atom is 0.387 e. The number of aromatic hydroxyl groups is 1. The average molecular weight is 342 g/mol. The van der Waals surface area contributed by atoms with Gasteiger partial charge in [0.25, 0.3) is 0 Å². The number of ether oxygens (including phenoxy) is 1. The first-order valence-electron chi connectivity index (χ1n) is 7.79. The molecule has 1 N–H and O–H groups in total. The SMILES string of the molecule is Cc1cc2cc(-n3cc4ccc(OC(F)F)cc4c3O)ccc2n1C. The minimum atomic E-state index is -2.90. The molecule has 4 nitrogen and oxygen atoms in total. The first-order valence-corrected chi connectivity index (χ1v) is 7.79. The van der Waals surface area contributed by atoms with Crippen LogP contribution in [-0.4, -0.2) is 20.9 Å². The molecule has 0 radical (unpaired) electrons. The summed E-state index contributed by atoms with van der Waals surface area (Å²) in [4.78, 5) is 0. The molecule has 0 aliphatic rings. The highest BCUT2D eigenvalue weighted by molar-refractivity contribution is 5.91. The second-order valence-corrected chi connectivity index (χ2v) is 6.04. The molecule has 0 atom stereocenters. The maximum absolute atomic E-state index is 12.4. The molecular formula is C19H16F2N2O2. The summed E-state index contributed by atoms with van der Waals surface area (Å²) in [6.45, 7) is -0.864. The van der Waals surface area contributed by atoms with Gasteiger partial charge in [0.05, 0.1) is 0 Å². The average Bonchev–Trinajstić information content (AvgIpc) is 3.04. The van der Waals surface area contributed by atoms with Crippen LogP contribution in [0.25, 0.3) is 27.4 Å². The topological polar surface area (TPSA) is 39.3 Å². The van der Waals surface area contributed by atoms with Gasteiger partial charge >= 0.3 is 6.61 Å². The largest absolute Gasteiger partial charge is 0.494 e. The normalized spacial score (nSPS) is 11.7. The van der Waals surface area contributed by atoms with E-state index in [2.05, 4.69) is 15.4 Å². The second kappa shape index (κ2) is 5.51. The third-order valence-electron chi connectivity index (χ3n) is 4.53. The van der Waals surface area contributed by atoms with Crippen molar-refractivity contribution in [2.45, 2.75) is 13.5 Å². The molecule has 0 saturated heterocycles. The van der Waals surface area contributed by atoms with Crippen LogP contribution in [-0.2, 0) is 7.05 Å². The Balaban J connectivity index is 1.84. The van der Waals surface area contributed by atoms with Gasteiger partial charge in [-0.25, -0.2) is 0 Å². The van der Waals surface area contributed by atoms with Crippen molar-refractivity contribution in [1.29, 1.82) is 0 Å².